The van der Waals surface area contributed by atoms with Crippen molar-refractivity contribution in [3.05, 3.63) is 0 Å². The summed E-state index contributed by atoms with van der Waals surface area (Å²) in [5, 5.41) is 5.21. The molecule has 0 aliphatic carbocycles. The van der Waals surface area contributed by atoms with Crippen LogP contribution < -0.4 is 16.4 Å². The van der Waals surface area contributed by atoms with Gasteiger partial charge in [0.05, 0.1) is 19.0 Å². The number of primary amides is 1. The number of nitrogens with one attached hydrogen (secondary N) is 2. The van der Waals surface area contributed by atoms with Gasteiger partial charge in [-0.1, -0.05) is 0 Å². The van der Waals surface area contributed by atoms with Crippen LogP contribution in [0.4, 0.5) is 0 Å². The lowest BCUT2D eigenvalue weighted by Gasteiger charge is -2.15. The molecule has 0 radical (unpaired) electrons. The lowest BCUT2D eigenvalue weighted by molar-refractivity contribution is -0.130. The van der Waals surface area contributed by atoms with E-state index < -0.39 is 17.9 Å². The highest BCUT2D eigenvalue weighted by atomic mass is 32.1. The third-order valence-electron chi connectivity index (χ3n) is 2.87. The van der Waals surface area contributed by atoms with Gasteiger partial charge in [-0.25, -0.2) is 0 Å². The smallest absolute Gasteiger partial charge is 0.246 e. The van der Waals surface area contributed by atoms with E-state index in [1.807, 2.05) is 6.92 Å². The summed E-state index contributed by atoms with van der Waals surface area (Å²) < 4.78 is 10.2. The maximum Gasteiger partial charge on any atom is 0.246 e. The van der Waals surface area contributed by atoms with Crippen LogP contribution >= 0.6 is 12.6 Å². The second-order valence-corrected chi connectivity index (χ2v) is 5.09. The molecule has 23 heavy (non-hydrogen) atoms. The van der Waals surface area contributed by atoms with Crippen molar-refractivity contribution in [2.24, 2.45) is 5.73 Å². The molecule has 1 unspecified atom stereocenters. The molecule has 0 saturated carbocycles. The first-order valence-corrected chi connectivity index (χ1v) is 8.26. The van der Waals surface area contributed by atoms with Gasteiger partial charge in [-0.2, -0.15) is 12.6 Å². The summed E-state index contributed by atoms with van der Waals surface area (Å²) in [5.74, 6) is -0.985. The van der Waals surface area contributed by atoms with Crippen LogP contribution in [0, 0.1) is 0 Å². The van der Waals surface area contributed by atoms with Crippen molar-refractivity contribution in [3.63, 3.8) is 0 Å². The fourth-order valence-electron chi connectivity index (χ4n) is 1.71. The van der Waals surface area contributed by atoms with E-state index in [2.05, 4.69) is 23.3 Å². The van der Waals surface area contributed by atoms with Crippen molar-refractivity contribution in [1.29, 1.82) is 0 Å². The summed E-state index contributed by atoms with van der Waals surface area (Å²) in [5.41, 5.74) is 5.27. The number of hydrogen-bond donors (Lipinski definition) is 4. The van der Waals surface area contributed by atoms with Gasteiger partial charge in [0.2, 0.25) is 17.7 Å². The van der Waals surface area contributed by atoms with E-state index in [4.69, 9.17) is 15.2 Å². The normalized spacial score (nSPS) is 11.7. The predicted molar refractivity (Wildman–Crippen MR) is 89.2 cm³/mol. The molecule has 0 aromatic rings. The number of rotatable bonds is 14. The molecular formula is C14H27N3O5S. The Morgan fingerprint density at radius 2 is 1.83 bits per heavy atom. The molecule has 1 atom stereocenters. The summed E-state index contributed by atoms with van der Waals surface area (Å²) in [6, 6.07) is -0.737. The Hall–Kier alpha value is -1.32. The van der Waals surface area contributed by atoms with Crippen molar-refractivity contribution in [2.45, 2.75) is 32.2 Å². The van der Waals surface area contributed by atoms with Crippen LogP contribution in [-0.2, 0) is 23.9 Å². The third kappa shape index (κ3) is 12.9. The number of thiol groups is 1. The Balaban J connectivity index is 3.86. The molecule has 0 fully saturated rings. The van der Waals surface area contributed by atoms with Crippen LogP contribution in [0.5, 0.6) is 0 Å². The Morgan fingerprint density at radius 3 is 2.43 bits per heavy atom. The zero-order valence-corrected chi connectivity index (χ0v) is 14.4. The van der Waals surface area contributed by atoms with Crippen LogP contribution in [0.15, 0.2) is 0 Å². The van der Waals surface area contributed by atoms with Gasteiger partial charge in [-0.05, 0) is 26.2 Å². The molecule has 134 valence electrons. The first-order chi connectivity index (χ1) is 11.0. The Kier molecular flexibility index (Phi) is 13.5. The minimum atomic E-state index is -0.737. The van der Waals surface area contributed by atoms with Crippen molar-refractivity contribution in [3.8, 4) is 0 Å². The second kappa shape index (κ2) is 14.3. The van der Waals surface area contributed by atoms with E-state index in [1.54, 1.807) is 0 Å². The topological polar surface area (TPSA) is 120 Å². The zero-order chi connectivity index (χ0) is 17.5. The van der Waals surface area contributed by atoms with Crippen LogP contribution in [0.2, 0.25) is 0 Å². The zero-order valence-electron chi connectivity index (χ0n) is 13.5. The number of carbonyl (C=O) groups excluding carboxylic acids is 3. The standard InChI is InChI=1S/C14H27N3O5S/c1-2-21-7-8-22-9-12(18)17-11(14(15)20)5-3-4-6-16-13(19)10-23/h11,23H,2-10H2,1H3,(H2,15,20)(H,16,19)(H,17,18). The minimum Gasteiger partial charge on any atom is -0.379 e. The number of ether oxygens (including phenoxy) is 2. The van der Waals surface area contributed by atoms with Crippen molar-refractivity contribution < 1.29 is 23.9 Å². The quantitative estimate of drug-likeness (QED) is 0.242. The highest BCUT2D eigenvalue weighted by Gasteiger charge is 2.17. The fourth-order valence-corrected chi connectivity index (χ4v) is 1.82. The monoisotopic (exact) mass is 349 g/mol. The first kappa shape index (κ1) is 21.7. The lowest BCUT2D eigenvalue weighted by atomic mass is 10.1. The van der Waals surface area contributed by atoms with Crippen molar-refractivity contribution in [1.82, 2.24) is 10.6 Å². The van der Waals surface area contributed by atoms with Gasteiger partial charge < -0.3 is 25.8 Å². The third-order valence-corrected chi connectivity index (χ3v) is 3.16. The van der Waals surface area contributed by atoms with Crippen LogP contribution in [0.3, 0.4) is 0 Å². The average molecular weight is 349 g/mol. The number of unbranched alkanes of at least 4 members (excludes halogenated alkanes) is 1. The number of amides is 3. The van der Waals surface area contributed by atoms with E-state index >= 15 is 0 Å². The summed E-state index contributed by atoms with van der Waals surface area (Å²) in [6.45, 7) is 3.55. The molecule has 0 bridgehead atoms. The molecule has 9 heteroatoms. The van der Waals surface area contributed by atoms with Gasteiger partial charge in [-0.15, -0.1) is 0 Å². The Bertz CT molecular complexity index is 368. The second-order valence-electron chi connectivity index (χ2n) is 4.78. The van der Waals surface area contributed by atoms with Gasteiger partial charge in [0.25, 0.3) is 0 Å². The van der Waals surface area contributed by atoms with E-state index in [9.17, 15) is 14.4 Å². The SMILES string of the molecule is CCOCCOCC(=O)NC(CCCCNC(=O)CS)C(N)=O. The summed E-state index contributed by atoms with van der Waals surface area (Å²) in [4.78, 5) is 34.0. The van der Waals surface area contributed by atoms with Crippen LogP contribution in [-0.4, -0.2) is 62.5 Å². The van der Waals surface area contributed by atoms with E-state index in [-0.39, 0.29) is 18.3 Å². The summed E-state index contributed by atoms with van der Waals surface area (Å²) in [7, 11) is 0. The highest BCUT2D eigenvalue weighted by Crippen LogP contribution is 2.00. The number of hydrogen-bond acceptors (Lipinski definition) is 6. The minimum absolute atomic E-state index is 0.141. The van der Waals surface area contributed by atoms with Gasteiger partial charge in [0.1, 0.15) is 12.6 Å². The van der Waals surface area contributed by atoms with E-state index in [0.29, 0.717) is 45.6 Å². The number of carbonyl (C=O) groups is 3. The molecule has 8 nitrogen and oxygen atoms in total. The molecule has 0 aromatic heterocycles. The van der Waals surface area contributed by atoms with Gasteiger partial charge in [-0.3, -0.25) is 14.4 Å². The predicted octanol–water partition coefficient (Wildman–Crippen LogP) is -0.774. The largest absolute Gasteiger partial charge is 0.379 e. The molecule has 4 N–H and O–H groups in total. The molecule has 0 aromatic carbocycles. The Morgan fingerprint density at radius 1 is 1.13 bits per heavy atom. The van der Waals surface area contributed by atoms with Crippen molar-refractivity contribution >= 4 is 30.4 Å². The summed E-state index contributed by atoms with van der Waals surface area (Å²) in [6.07, 6.45) is 1.74. The first-order valence-electron chi connectivity index (χ1n) is 7.63. The van der Waals surface area contributed by atoms with Gasteiger partial charge in [0.15, 0.2) is 0 Å². The number of nitrogens with two attached hydrogens (primary N) is 1. The maximum atomic E-state index is 11.7. The highest BCUT2D eigenvalue weighted by molar-refractivity contribution is 7.81. The van der Waals surface area contributed by atoms with Crippen molar-refractivity contribution in [2.75, 3.05) is 38.7 Å². The Labute approximate surface area is 142 Å². The molecule has 0 heterocycles. The van der Waals surface area contributed by atoms with Crippen LogP contribution in [0.25, 0.3) is 0 Å². The maximum absolute atomic E-state index is 11.7. The van der Waals surface area contributed by atoms with Gasteiger partial charge >= 0.3 is 0 Å². The van der Waals surface area contributed by atoms with Gasteiger partial charge in [0, 0.05) is 13.2 Å². The average Bonchev–Trinajstić information content (AvgIpc) is 2.52. The lowest BCUT2D eigenvalue weighted by Crippen LogP contribution is -2.45. The van der Waals surface area contributed by atoms with E-state index in [1.165, 1.54) is 0 Å². The van der Waals surface area contributed by atoms with E-state index in [0.717, 1.165) is 0 Å². The molecule has 0 aliphatic heterocycles. The molecule has 0 spiro atoms. The molecule has 3 amide bonds. The molecular weight excluding hydrogens is 322 g/mol. The molecule has 0 rings (SSSR count). The fraction of sp³-hybridized carbons (Fsp3) is 0.786. The molecule has 0 saturated heterocycles. The molecule has 0 aliphatic rings. The van der Waals surface area contributed by atoms with Crippen LogP contribution in [0.1, 0.15) is 26.2 Å². The summed E-state index contributed by atoms with van der Waals surface area (Å²) >= 11 is 3.84.